The van der Waals surface area contributed by atoms with E-state index in [1.54, 1.807) is 23.6 Å². The number of amides is 4. The first-order valence-electron chi connectivity index (χ1n) is 23.7. The number of likely N-dealkylation sites (tertiary alicyclic amines) is 2. The molecule has 7 heterocycles. The first-order valence-corrected chi connectivity index (χ1v) is 24.6. The normalized spacial score (nSPS) is 20.5. The molecule has 15 nitrogen and oxygen atoms in total. The third-order valence-corrected chi connectivity index (χ3v) is 15.4. The second kappa shape index (κ2) is 23.1. The van der Waals surface area contributed by atoms with Crippen molar-refractivity contribution in [1.82, 2.24) is 30.0 Å². The van der Waals surface area contributed by atoms with Crippen molar-refractivity contribution < 1.29 is 37.8 Å². The number of hydrogen-bond acceptors (Lipinski definition) is 11. The molecule has 5 atom stereocenters. The SMILES string of the molecule is COC(=O)N[C@H](C(=O)N1CCC[C@H]1C1=NC=C(c2cc(F)c3c(c2)OC(c2cnc(C4CC4)s2)n2c-3cc3cc(C4=CN=C([C@@H]5CCCN5C(=O)[C@@H](NC(=O)OC)C(C)C)C4)ccc32)C1)C(C)C.S.S.S.S. The zero-order valence-electron chi connectivity index (χ0n) is 41.2. The van der Waals surface area contributed by atoms with Crippen molar-refractivity contribution in [2.45, 2.75) is 115 Å². The number of halogens is 1. The Hall–Kier alpha value is -4.96. The minimum Gasteiger partial charge on any atom is -0.464 e. The molecule has 2 N–H and O–H groups in total. The number of nitrogens with one attached hydrogen (secondary N) is 2. The number of hydrogen-bond donors (Lipinski definition) is 2. The largest absolute Gasteiger partial charge is 0.464 e. The van der Waals surface area contributed by atoms with Gasteiger partial charge in [-0.2, -0.15) is 54.0 Å². The molecule has 388 valence electrons. The van der Waals surface area contributed by atoms with E-state index >= 15 is 4.39 Å². The predicted octanol–water partition coefficient (Wildman–Crippen LogP) is 9.29. The average Bonchev–Trinajstić information content (AvgIpc) is 4.05. The van der Waals surface area contributed by atoms with Crippen molar-refractivity contribution in [1.29, 1.82) is 0 Å². The number of aromatic nitrogens is 2. The van der Waals surface area contributed by atoms with Gasteiger partial charge in [0.25, 0.3) is 0 Å². The quantitative estimate of drug-likeness (QED) is 0.142. The highest BCUT2D eigenvalue weighted by Gasteiger charge is 2.41. The molecule has 72 heavy (non-hydrogen) atoms. The Labute approximate surface area is 451 Å². The van der Waals surface area contributed by atoms with Crippen LogP contribution in [0, 0.1) is 17.7 Å². The Balaban J connectivity index is 0.00000212. The monoisotopic (exact) mass is 1080 g/mol. The van der Waals surface area contributed by atoms with Crippen molar-refractivity contribution in [3.05, 3.63) is 81.8 Å². The minimum absolute atomic E-state index is 0. The van der Waals surface area contributed by atoms with Crippen LogP contribution < -0.4 is 15.4 Å². The summed E-state index contributed by atoms with van der Waals surface area (Å²) < 4.78 is 35.5. The van der Waals surface area contributed by atoms with Gasteiger partial charge in [-0.05, 0) is 103 Å². The van der Waals surface area contributed by atoms with Crippen LogP contribution in [0.3, 0.4) is 0 Å². The predicted molar refractivity (Wildman–Crippen MR) is 300 cm³/mol. The van der Waals surface area contributed by atoms with E-state index in [0.717, 1.165) is 87.4 Å². The summed E-state index contributed by atoms with van der Waals surface area (Å²) in [5.41, 5.74) is 7.19. The summed E-state index contributed by atoms with van der Waals surface area (Å²) in [7, 11) is 2.57. The van der Waals surface area contributed by atoms with Crippen LogP contribution in [-0.2, 0) is 19.1 Å². The molecule has 10 rings (SSSR count). The van der Waals surface area contributed by atoms with Gasteiger partial charge in [0.1, 0.15) is 23.7 Å². The van der Waals surface area contributed by atoms with Crippen LogP contribution in [0.2, 0.25) is 0 Å². The molecule has 21 heteroatoms. The van der Waals surface area contributed by atoms with Gasteiger partial charge in [0.2, 0.25) is 18.0 Å². The van der Waals surface area contributed by atoms with Gasteiger partial charge in [0, 0.05) is 67.3 Å². The lowest BCUT2D eigenvalue weighted by Gasteiger charge is -2.31. The molecule has 0 bridgehead atoms. The fraction of sp³-hybridized carbons (Fsp3) is 0.471. The molecular formula is C51H65FN8O7S5. The molecule has 0 spiro atoms. The number of allylic oxidation sites excluding steroid dienone is 2. The number of benzene rings is 2. The topological polar surface area (TPSA) is 169 Å². The number of thiazole rings is 1. The minimum atomic E-state index is -0.741. The molecule has 4 amide bonds. The summed E-state index contributed by atoms with van der Waals surface area (Å²) in [5.74, 6) is -0.126. The molecule has 1 aliphatic carbocycles. The third kappa shape index (κ3) is 10.7. The van der Waals surface area contributed by atoms with E-state index in [1.807, 2.05) is 62.0 Å². The van der Waals surface area contributed by atoms with Gasteiger partial charge in [-0.1, -0.05) is 33.8 Å². The van der Waals surface area contributed by atoms with Crippen LogP contribution in [-0.4, -0.2) is 106 Å². The molecule has 2 aromatic carbocycles. The van der Waals surface area contributed by atoms with Crippen LogP contribution in [0.4, 0.5) is 14.0 Å². The summed E-state index contributed by atoms with van der Waals surface area (Å²) in [6, 6.07) is 9.88. The lowest BCUT2D eigenvalue weighted by atomic mass is 9.95. The van der Waals surface area contributed by atoms with E-state index in [-0.39, 0.29) is 89.7 Å². The summed E-state index contributed by atoms with van der Waals surface area (Å²) in [4.78, 5) is 71.0. The molecule has 1 unspecified atom stereocenters. The van der Waals surface area contributed by atoms with Crippen molar-refractivity contribution in [2.75, 3.05) is 27.3 Å². The number of nitrogens with zero attached hydrogens (tertiary/aromatic N) is 6. The number of methoxy groups -OCH3 is 2. The summed E-state index contributed by atoms with van der Waals surface area (Å²) >= 11 is 1.64. The highest BCUT2D eigenvalue weighted by molar-refractivity contribution is 7.59. The van der Waals surface area contributed by atoms with Gasteiger partial charge in [-0.3, -0.25) is 24.1 Å². The van der Waals surface area contributed by atoms with Gasteiger partial charge >= 0.3 is 12.2 Å². The fourth-order valence-electron chi connectivity index (χ4n) is 10.4. The summed E-state index contributed by atoms with van der Waals surface area (Å²) in [5, 5.41) is 7.44. The molecule has 0 radical (unpaired) electrons. The molecule has 2 aromatic heterocycles. The highest BCUT2D eigenvalue weighted by atomic mass is 32.1. The Morgan fingerprint density at radius 2 is 1.31 bits per heavy atom. The molecule has 5 aliphatic heterocycles. The smallest absolute Gasteiger partial charge is 0.407 e. The first kappa shape index (κ1) is 56.3. The standard InChI is InChI=1S/C51H57FN8O7S.4H2S/c1-26(2)44(56-50(63)65-5)47(61)58-15-7-9-38(58)35-19-32(23-53-35)29-13-14-37-31(17-29)21-40-43-34(52)18-30(22-41(43)67-49(60(37)40)42-25-55-46(68-42)28-11-12-28)33-20-36(54-24-33)39-10-8-16-59(39)48(62)45(27(3)4)57-51(64)66-6;;;;/h13-14,17-18,21-28,38-39,44-45,49H,7-12,15-16,19-20H2,1-6H3,(H,56,63)(H,57,64);4*1H2/t38-,39-,44-,45-,49?;;;;/m0..../s1. The number of fused-ring (bicyclic) bond motifs is 5. The average molecular weight is 1080 g/mol. The van der Waals surface area contributed by atoms with Gasteiger partial charge in [-0.15, -0.1) is 11.3 Å². The molecular weight excluding hydrogens is 1020 g/mol. The number of rotatable bonds is 12. The van der Waals surface area contributed by atoms with E-state index in [9.17, 15) is 19.2 Å². The summed E-state index contributed by atoms with van der Waals surface area (Å²) in [6.45, 7) is 8.72. The maximum atomic E-state index is 16.9. The maximum Gasteiger partial charge on any atom is 0.407 e. The lowest BCUT2D eigenvalue weighted by Crippen LogP contribution is -2.53. The summed E-state index contributed by atoms with van der Waals surface area (Å²) in [6.07, 6.45) is 10.1. The molecule has 3 fully saturated rings. The van der Waals surface area contributed by atoms with E-state index in [0.29, 0.717) is 54.4 Å². The van der Waals surface area contributed by atoms with Gasteiger partial charge in [0.05, 0.1) is 53.0 Å². The molecule has 2 saturated heterocycles. The number of alkyl carbamates (subject to hydrolysis) is 2. The Morgan fingerprint density at radius 3 is 1.83 bits per heavy atom. The fourth-order valence-corrected chi connectivity index (χ4v) is 11.6. The second-order valence-electron chi connectivity index (χ2n) is 19.3. The van der Waals surface area contributed by atoms with Gasteiger partial charge in [0.15, 0.2) is 0 Å². The van der Waals surface area contributed by atoms with Crippen LogP contribution in [0.25, 0.3) is 33.3 Å². The van der Waals surface area contributed by atoms with Crippen LogP contribution in [0.5, 0.6) is 5.75 Å². The van der Waals surface area contributed by atoms with Gasteiger partial charge in [-0.25, -0.2) is 19.0 Å². The number of ether oxygens (including phenoxy) is 3. The molecule has 6 aliphatic rings. The number of carbonyl (C=O) groups excluding carboxylic acids is 4. The van der Waals surface area contributed by atoms with Crippen molar-refractivity contribution in [3.8, 4) is 17.0 Å². The van der Waals surface area contributed by atoms with Crippen molar-refractivity contribution in [3.63, 3.8) is 0 Å². The van der Waals surface area contributed by atoms with Crippen molar-refractivity contribution >= 4 is 123 Å². The highest BCUT2D eigenvalue weighted by Crippen LogP contribution is 2.50. The first-order chi connectivity index (χ1) is 32.8. The third-order valence-electron chi connectivity index (χ3n) is 14.2. The number of carbonyl (C=O) groups is 4. The zero-order valence-corrected chi connectivity index (χ0v) is 46.0. The maximum absolute atomic E-state index is 16.9. The van der Waals surface area contributed by atoms with Crippen LogP contribution >= 0.6 is 65.3 Å². The van der Waals surface area contributed by atoms with Crippen molar-refractivity contribution in [2.24, 2.45) is 21.8 Å². The zero-order chi connectivity index (χ0) is 47.5. The van der Waals surface area contributed by atoms with Crippen LogP contribution in [0.15, 0.2) is 65.0 Å². The lowest BCUT2D eigenvalue weighted by molar-refractivity contribution is -0.134. The van der Waals surface area contributed by atoms with E-state index < -0.39 is 36.3 Å². The Bertz CT molecular complexity index is 2860. The van der Waals surface area contributed by atoms with E-state index in [1.165, 1.54) is 14.2 Å². The van der Waals surface area contributed by atoms with Gasteiger partial charge < -0.3 is 34.6 Å². The van der Waals surface area contributed by atoms with E-state index in [4.69, 9.17) is 29.2 Å². The number of aliphatic imine (C=N–C) groups is 2. The molecule has 1 saturated carbocycles. The molecule has 4 aromatic rings. The Kier molecular flexibility index (Phi) is 18.1. The second-order valence-corrected chi connectivity index (χ2v) is 20.4. The van der Waals surface area contributed by atoms with Crippen LogP contribution in [0.1, 0.15) is 112 Å². The Morgan fingerprint density at radius 1 is 0.750 bits per heavy atom. The van der Waals surface area contributed by atoms with E-state index in [2.05, 4.69) is 33.4 Å².